The number of para-hydroxylation sites is 1. The Labute approximate surface area is 227 Å². The number of aliphatic hydroxyl groups excluding tert-OH is 2. The van der Waals surface area contributed by atoms with E-state index in [1.165, 1.54) is 19.3 Å². The number of benzene rings is 1. The van der Waals surface area contributed by atoms with Gasteiger partial charge >= 0.3 is 0 Å². The standard InChI is InChI=1S/C28H39IN2O5/c29-22-12-6-7-13-24(22)36-25-17-21(27(34)30-14-15-32)16-23(26(25)33)31(18-19-8-2-1-3-9-19)28(35)20-10-4-5-11-20/h6-7,12-13,17,19-20,23,25-26,32-33H,1-5,8-11,14-16,18H2,(H,30,34)/t23-,25+,26+/m1/s1. The first-order chi connectivity index (χ1) is 17.5. The van der Waals surface area contributed by atoms with Crippen molar-refractivity contribution in [2.45, 2.75) is 82.5 Å². The lowest BCUT2D eigenvalue weighted by atomic mass is 9.84. The predicted octanol–water partition coefficient (Wildman–Crippen LogP) is 3.81. The fourth-order valence-corrected chi connectivity index (χ4v) is 6.42. The Hall–Kier alpha value is -1.65. The van der Waals surface area contributed by atoms with Crippen LogP contribution in [0.4, 0.5) is 0 Å². The second-order valence-corrected chi connectivity index (χ2v) is 11.6. The normalized spacial score (nSPS) is 25.3. The zero-order valence-electron chi connectivity index (χ0n) is 20.9. The second kappa shape index (κ2) is 13.2. The van der Waals surface area contributed by atoms with E-state index in [1.54, 1.807) is 6.08 Å². The van der Waals surface area contributed by atoms with Gasteiger partial charge in [-0.15, -0.1) is 0 Å². The van der Waals surface area contributed by atoms with Crippen LogP contribution in [0.1, 0.15) is 64.2 Å². The van der Waals surface area contributed by atoms with Crippen molar-refractivity contribution in [3.05, 3.63) is 39.5 Å². The molecule has 0 saturated heterocycles. The summed E-state index contributed by atoms with van der Waals surface area (Å²) in [7, 11) is 0. The first kappa shape index (κ1) is 27.4. The molecule has 8 heteroatoms. The highest BCUT2D eigenvalue weighted by Gasteiger charge is 2.43. The number of ether oxygens (including phenoxy) is 1. The topological polar surface area (TPSA) is 99.1 Å². The minimum Gasteiger partial charge on any atom is -0.482 e. The molecule has 0 heterocycles. The van der Waals surface area contributed by atoms with Gasteiger partial charge in [-0.1, -0.05) is 44.2 Å². The zero-order chi connectivity index (χ0) is 25.5. The summed E-state index contributed by atoms with van der Waals surface area (Å²) in [6.45, 7) is 0.623. The minimum absolute atomic E-state index is 0.00666. The number of carbonyl (C=O) groups is 2. The van der Waals surface area contributed by atoms with Gasteiger partial charge in [0.25, 0.3) is 0 Å². The first-order valence-corrected chi connectivity index (χ1v) is 14.5. The van der Waals surface area contributed by atoms with Crippen LogP contribution < -0.4 is 10.1 Å². The second-order valence-electron chi connectivity index (χ2n) is 10.4. The van der Waals surface area contributed by atoms with Crippen molar-refractivity contribution in [1.82, 2.24) is 10.2 Å². The van der Waals surface area contributed by atoms with Gasteiger partial charge in [0.15, 0.2) is 0 Å². The molecule has 3 aliphatic carbocycles. The average molecular weight is 611 g/mol. The van der Waals surface area contributed by atoms with Gasteiger partial charge in [-0.05, 0) is 72.4 Å². The van der Waals surface area contributed by atoms with Crippen LogP contribution in [0, 0.1) is 15.4 Å². The van der Waals surface area contributed by atoms with Gasteiger partial charge < -0.3 is 25.2 Å². The molecular weight excluding hydrogens is 571 g/mol. The number of nitrogens with one attached hydrogen (secondary N) is 1. The molecule has 1 aromatic carbocycles. The molecule has 7 nitrogen and oxygen atoms in total. The number of halogens is 1. The highest BCUT2D eigenvalue weighted by Crippen LogP contribution is 2.35. The highest BCUT2D eigenvalue weighted by atomic mass is 127. The molecule has 3 N–H and O–H groups in total. The molecule has 2 fully saturated rings. The molecule has 0 aromatic heterocycles. The molecular formula is C28H39IN2O5. The molecule has 0 bridgehead atoms. The molecule has 198 valence electrons. The quantitative estimate of drug-likeness (QED) is 0.370. The number of amides is 2. The van der Waals surface area contributed by atoms with E-state index in [4.69, 9.17) is 4.74 Å². The molecule has 3 atom stereocenters. The van der Waals surface area contributed by atoms with Gasteiger partial charge in [0.2, 0.25) is 11.8 Å². The summed E-state index contributed by atoms with van der Waals surface area (Å²) >= 11 is 2.19. The monoisotopic (exact) mass is 610 g/mol. The van der Waals surface area contributed by atoms with Crippen molar-refractivity contribution in [3.8, 4) is 5.75 Å². The highest BCUT2D eigenvalue weighted by molar-refractivity contribution is 14.1. The Morgan fingerprint density at radius 3 is 2.44 bits per heavy atom. The summed E-state index contributed by atoms with van der Waals surface area (Å²) in [4.78, 5) is 28.7. The maximum absolute atomic E-state index is 13.9. The number of hydrogen-bond donors (Lipinski definition) is 3. The molecule has 1 aromatic rings. The predicted molar refractivity (Wildman–Crippen MR) is 146 cm³/mol. The van der Waals surface area contributed by atoms with E-state index in [-0.39, 0.29) is 37.3 Å². The minimum atomic E-state index is -0.954. The van der Waals surface area contributed by atoms with Crippen LogP contribution >= 0.6 is 22.6 Å². The SMILES string of the molecule is O=C(NCCO)C1=C[C@H](Oc2ccccc2I)[C@@H](O)[C@H](N(CC2CCCCC2)C(=O)C2CCCC2)C1. The Balaban J connectivity index is 1.63. The number of aliphatic hydroxyl groups is 2. The third kappa shape index (κ3) is 6.81. The number of carbonyl (C=O) groups excluding carboxylic acids is 2. The Morgan fingerprint density at radius 2 is 1.75 bits per heavy atom. The maximum Gasteiger partial charge on any atom is 0.247 e. The third-order valence-electron chi connectivity index (χ3n) is 7.88. The maximum atomic E-state index is 13.9. The smallest absolute Gasteiger partial charge is 0.247 e. The molecule has 2 saturated carbocycles. The summed E-state index contributed by atoms with van der Waals surface area (Å²) in [5, 5.41) is 23.5. The van der Waals surface area contributed by atoms with Gasteiger partial charge in [-0.2, -0.15) is 0 Å². The van der Waals surface area contributed by atoms with E-state index < -0.39 is 18.2 Å². The Kier molecular flexibility index (Phi) is 10.1. The molecule has 0 radical (unpaired) electrons. The molecule has 2 amide bonds. The third-order valence-corrected chi connectivity index (χ3v) is 8.77. The summed E-state index contributed by atoms with van der Waals surface area (Å²) < 4.78 is 7.17. The van der Waals surface area contributed by atoms with E-state index in [0.29, 0.717) is 23.8 Å². The van der Waals surface area contributed by atoms with Crippen LogP contribution in [0.15, 0.2) is 35.9 Å². The Morgan fingerprint density at radius 1 is 1.06 bits per heavy atom. The Bertz CT molecular complexity index is 926. The molecule has 3 aliphatic rings. The van der Waals surface area contributed by atoms with Crippen molar-refractivity contribution in [3.63, 3.8) is 0 Å². The molecule has 0 unspecified atom stereocenters. The van der Waals surface area contributed by atoms with Crippen molar-refractivity contribution in [2.24, 2.45) is 11.8 Å². The lowest BCUT2D eigenvalue weighted by Crippen LogP contribution is -2.57. The van der Waals surface area contributed by atoms with Gasteiger partial charge in [0.05, 0.1) is 16.2 Å². The molecule has 36 heavy (non-hydrogen) atoms. The van der Waals surface area contributed by atoms with E-state index in [9.17, 15) is 19.8 Å². The summed E-state index contributed by atoms with van der Waals surface area (Å²) in [6, 6.07) is 7.04. The van der Waals surface area contributed by atoms with Gasteiger partial charge in [-0.3, -0.25) is 9.59 Å². The summed E-state index contributed by atoms with van der Waals surface area (Å²) in [5.41, 5.74) is 0.488. The number of hydrogen-bond acceptors (Lipinski definition) is 5. The lowest BCUT2D eigenvalue weighted by Gasteiger charge is -2.43. The van der Waals surface area contributed by atoms with E-state index in [2.05, 4.69) is 27.9 Å². The fraction of sp³-hybridized carbons (Fsp3) is 0.643. The van der Waals surface area contributed by atoms with E-state index in [1.807, 2.05) is 29.2 Å². The zero-order valence-corrected chi connectivity index (χ0v) is 23.1. The largest absolute Gasteiger partial charge is 0.482 e. The van der Waals surface area contributed by atoms with Crippen molar-refractivity contribution in [2.75, 3.05) is 19.7 Å². The van der Waals surface area contributed by atoms with E-state index in [0.717, 1.165) is 42.1 Å². The van der Waals surface area contributed by atoms with Crippen LogP contribution in [0.3, 0.4) is 0 Å². The fourth-order valence-electron chi connectivity index (χ4n) is 5.91. The lowest BCUT2D eigenvalue weighted by molar-refractivity contribution is -0.144. The van der Waals surface area contributed by atoms with Crippen LogP contribution in [0.5, 0.6) is 5.75 Å². The van der Waals surface area contributed by atoms with Crippen LogP contribution in [-0.4, -0.2) is 64.9 Å². The van der Waals surface area contributed by atoms with Gasteiger partial charge in [-0.25, -0.2) is 0 Å². The van der Waals surface area contributed by atoms with Gasteiger partial charge in [0, 0.05) is 31.0 Å². The molecule has 0 spiro atoms. The average Bonchev–Trinajstić information content (AvgIpc) is 3.44. The van der Waals surface area contributed by atoms with Crippen LogP contribution in [0.2, 0.25) is 0 Å². The molecule has 0 aliphatic heterocycles. The van der Waals surface area contributed by atoms with Crippen LogP contribution in [0.25, 0.3) is 0 Å². The van der Waals surface area contributed by atoms with Crippen molar-refractivity contribution < 1.29 is 24.5 Å². The van der Waals surface area contributed by atoms with E-state index >= 15 is 0 Å². The van der Waals surface area contributed by atoms with Crippen molar-refractivity contribution in [1.29, 1.82) is 0 Å². The summed E-state index contributed by atoms with van der Waals surface area (Å²) in [6.07, 6.45) is 9.94. The first-order valence-electron chi connectivity index (χ1n) is 13.5. The molecule has 4 rings (SSSR count). The van der Waals surface area contributed by atoms with Crippen LogP contribution in [-0.2, 0) is 9.59 Å². The number of rotatable bonds is 9. The van der Waals surface area contributed by atoms with Gasteiger partial charge in [0.1, 0.15) is 18.0 Å². The number of nitrogens with zero attached hydrogens (tertiary/aromatic N) is 1. The summed E-state index contributed by atoms with van der Waals surface area (Å²) in [5.74, 6) is 0.877. The van der Waals surface area contributed by atoms with Crippen molar-refractivity contribution >= 4 is 34.4 Å².